The van der Waals surface area contributed by atoms with Crippen molar-refractivity contribution in [1.82, 2.24) is 25.3 Å². The molecular weight excluding hydrogens is 516 g/mol. The molecule has 0 aromatic carbocycles. The minimum Gasteiger partial charge on any atom is -0.468 e. The molecule has 0 bridgehead atoms. The van der Waals surface area contributed by atoms with Crippen molar-refractivity contribution in [2.75, 3.05) is 39.8 Å². The first-order valence-electron chi connectivity index (χ1n) is 9.14. The molecule has 0 radical (unpaired) electrons. The Balaban J connectivity index is 0.00000320. The average Bonchev–Trinajstić information content (AvgIpc) is 3.21. The molecule has 2 aromatic rings. The standard InChI is InChI=1S/C18H23F3N6O2.HI/c1-22-17(27-7-5-26(6-8-27)12-15-4-9-29-25-15)24-11-14-2-3-16(23-10-14)28-13-18(19,20)21;/h2-4,9-10H,5-8,11-13H2,1H3,(H,22,24);1H. The van der Waals surface area contributed by atoms with E-state index in [-0.39, 0.29) is 29.9 Å². The summed E-state index contributed by atoms with van der Waals surface area (Å²) in [7, 11) is 1.72. The lowest BCUT2D eigenvalue weighted by molar-refractivity contribution is -0.154. The highest BCUT2D eigenvalue weighted by atomic mass is 127. The number of hydrogen-bond donors (Lipinski definition) is 1. The van der Waals surface area contributed by atoms with E-state index in [4.69, 9.17) is 4.52 Å². The molecule has 0 atom stereocenters. The number of alkyl halides is 3. The molecule has 1 saturated heterocycles. The van der Waals surface area contributed by atoms with Crippen molar-refractivity contribution < 1.29 is 22.4 Å². The van der Waals surface area contributed by atoms with Crippen LogP contribution in [0.25, 0.3) is 0 Å². The fourth-order valence-corrected chi connectivity index (χ4v) is 2.94. The second-order valence-corrected chi connectivity index (χ2v) is 6.56. The van der Waals surface area contributed by atoms with Gasteiger partial charge in [-0.1, -0.05) is 11.2 Å². The Bertz CT molecular complexity index is 778. The molecule has 0 amide bonds. The summed E-state index contributed by atoms with van der Waals surface area (Å²) >= 11 is 0. The van der Waals surface area contributed by atoms with Crippen molar-refractivity contribution >= 4 is 29.9 Å². The highest BCUT2D eigenvalue weighted by Crippen LogP contribution is 2.17. The Morgan fingerprint density at radius 1 is 1.23 bits per heavy atom. The second-order valence-electron chi connectivity index (χ2n) is 6.56. The van der Waals surface area contributed by atoms with Gasteiger partial charge in [-0.05, 0) is 5.56 Å². The van der Waals surface area contributed by atoms with E-state index in [0.29, 0.717) is 6.54 Å². The van der Waals surface area contributed by atoms with Gasteiger partial charge in [0.15, 0.2) is 12.6 Å². The third kappa shape index (κ3) is 7.63. The van der Waals surface area contributed by atoms with E-state index in [9.17, 15) is 13.2 Å². The minimum absolute atomic E-state index is 0. The Morgan fingerprint density at radius 2 is 2.00 bits per heavy atom. The molecule has 0 aliphatic carbocycles. The van der Waals surface area contributed by atoms with Gasteiger partial charge in [-0.2, -0.15) is 13.2 Å². The van der Waals surface area contributed by atoms with E-state index in [1.54, 1.807) is 19.4 Å². The van der Waals surface area contributed by atoms with Crippen LogP contribution < -0.4 is 10.1 Å². The quantitative estimate of drug-likeness (QED) is 0.343. The molecule has 8 nitrogen and oxygen atoms in total. The highest BCUT2D eigenvalue weighted by Gasteiger charge is 2.28. The first kappa shape index (κ1) is 24.2. The molecule has 3 rings (SSSR count). The molecule has 12 heteroatoms. The van der Waals surface area contributed by atoms with Gasteiger partial charge in [-0.3, -0.25) is 9.89 Å². The van der Waals surface area contributed by atoms with Crippen LogP contribution in [0.5, 0.6) is 5.88 Å². The van der Waals surface area contributed by atoms with Gasteiger partial charge >= 0.3 is 6.18 Å². The number of ether oxygens (including phenoxy) is 1. The smallest absolute Gasteiger partial charge is 0.422 e. The molecule has 0 spiro atoms. The number of rotatable bonds is 6. The predicted octanol–water partition coefficient (Wildman–Crippen LogP) is 2.52. The monoisotopic (exact) mass is 540 g/mol. The number of aliphatic imine (C=N–C) groups is 1. The Hall–Kier alpha value is -2.09. The lowest BCUT2D eigenvalue weighted by Crippen LogP contribution is -2.52. The van der Waals surface area contributed by atoms with Crippen LogP contribution in [0.3, 0.4) is 0 Å². The summed E-state index contributed by atoms with van der Waals surface area (Å²) in [6.45, 7) is 3.25. The van der Waals surface area contributed by atoms with Gasteiger partial charge in [-0.15, -0.1) is 24.0 Å². The zero-order valence-corrected chi connectivity index (χ0v) is 18.8. The maximum absolute atomic E-state index is 12.2. The largest absolute Gasteiger partial charge is 0.468 e. The molecule has 1 N–H and O–H groups in total. The number of hydrogen-bond acceptors (Lipinski definition) is 6. The van der Waals surface area contributed by atoms with Crippen LogP contribution in [0.1, 0.15) is 11.3 Å². The lowest BCUT2D eigenvalue weighted by Gasteiger charge is -2.36. The highest BCUT2D eigenvalue weighted by molar-refractivity contribution is 14.0. The van der Waals surface area contributed by atoms with E-state index in [1.165, 1.54) is 12.3 Å². The summed E-state index contributed by atoms with van der Waals surface area (Å²) in [5.41, 5.74) is 1.73. The van der Waals surface area contributed by atoms with Gasteiger partial charge in [0.2, 0.25) is 5.88 Å². The summed E-state index contributed by atoms with van der Waals surface area (Å²) in [6.07, 6.45) is -1.32. The van der Waals surface area contributed by atoms with Crippen molar-refractivity contribution in [3.05, 3.63) is 41.9 Å². The number of piperazine rings is 1. The van der Waals surface area contributed by atoms with Crippen molar-refractivity contribution in [3.8, 4) is 5.88 Å². The fourth-order valence-electron chi connectivity index (χ4n) is 2.94. The summed E-state index contributed by atoms with van der Waals surface area (Å²) < 4.78 is 46.0. The third-order valence-electron chi connectivity index (χ3n) is 4.39. The Labute approximate surface area is 189 Å². The number of guanidine groups is 1. The SMILES string of the molecule is CN=C(NCc1ccc(OCC(F)(F)F)nc1)N1CCN(Cc2ccon2)CC1.I. The third-order valence-corrected chi connectivity index (χ3v) is 4.39. The normalized spacial score (nSPS) is 15.6. The number of nitrogens with one attached hydrogen (secondary N) is 1. The van der Waals surface area contributed by atoms with Crippen LogP contribution >= 0.6 is 24.0 Å². The molecule has 2 aromatic heterocycles. The van der Waals surface area contributed by atoms with Crippen molar-refractivity contribution in [2.45, 2.75) is 19.3 Å². The van der Waals surface area contributed by atoms with E-state index in [2.05, 4.69) is 35.0 Å². The number of halogens is 4. The van der Waals surface area contributed by atoms with Crippen LogP contribution in [0.2, 0.25) is 0 Å². The molecule has 0 saturated carbocycles. The average molecular weight is 540 g/mol. The zero-order valence-electron chi connectivity index (χ0n) is 16.4. The first-order chi connectivity index (χ1) is 13.9. The minimum atomic E-state index is -4.38. The molecule has 166 valence electrons. The van der Waals surface area contributed by atoms with Gasteiger partial charge in [0.05, 0.1) is 5.69 Å². The number of aromatic nitrogens is 2. The van der Waals surface area contributed by atoms with Crippen molar-refractivity contribution in [3.63, 3.8) is 0 Å². The lowest BCUT2D eigenvalue weighted by atomic mass is 10.2. The molecule has 3 heterocycles. The van der Waals surface area contributed by atoms with Crippen LogP contribution in [0.15, 0.2) is 40.2 Å². The van der Waals surface area contributed by atoms with Gasteiger partial charge < -0.3 is 19.5 Å². The van der Waals surface area contributed by atoms with Crippen LogP contribution in [0, 0.1) is 0 Å². The molecule has 1 aliphatic heterocycles. The van der Waals surface area contributed by atoms with E-state index >= 15 is 0 Å². The summed E-state index contributed by atoms with van der Waals surface area (Å²) in [4.78, 5) is 12.7. The van der Waals surface area contributed by atoms with Crippen molar-refractivity contribution in [2.24, 2.45) is 4.99 Å². The summed E-state index contributed by atoms with van der Waals surface area (Å²) in [5, 5.41) is 7.20. The number of pyridine rings is 1. The van der Waals surface area contributed by atoms with Gasteiger partial charge in [0.1, 0.15) is 6.26 Å². The molecule has 0 unspecified atom stereocenters. The summed E-state index contributed by atoms with van der Waals surface area (Å²) in [6, 6.07) is 4.96. The van der Waals surface area contributed by atoms with Crippen LogP contribution in [-0.4, -0.2) is 71.9 Å². The molecule has 1 fully saturated rings. The second kappa shape index (κ2) is 11.3. The van der Waals surface area contributed by atoms with Crippen LogP contribution in [-0.2, 0) is 13.1 Å². The van der Waals surface area contributed by atoms with E-state index in [0.717, 1.165) is 49.9 Å². The Morgan fingerprint density at radius 3 is 2.57 bits per heavy atom. The number of nitrogens with zero attached hydrogens (tertiary/aromatic N) is 5. The van der Waals surface area contributed by atoms with Gasteiger partial charge in [-0.25, -0.2) is 4.98 Å². The predicted molar refractivity (Wildman–Crippen MR) is 115 cm³/mol. The van der Waals surface area contributed by atoms with Gasteiger partial charge in [0.25, 0.3) is 0 Å². The fraction of sp³-hybridized carbons (Fsp3) is 0.500. The maximum Gasteiger partial charge on any atom is 0.422 e. The van der Waals surface area contributed by atoms with E-state index < -0.39 is 12.8 Å². The van der Waals surface area contributed by atoms with Crippen molar-refractivity contribution in [1.29, 1.82) is 0 Å². The van der Waals surface area contributed by atoms with Gasteiger partial charge in [0, 0.05) is 64.6 Å². The molecule has 1 aliphatic rings. The summed E-state index contributed by atoms with van der Waals surface area (Å²) in [5.74, 6) is 0.710. The Kier molecular flexibility index (Phi) is 9.14. The maximum atomic E-state index is 12.2. The van der Waals surface area contributed by atoms with E-state index in [1.807, 2.05) is 6.07 Å². The zero-order chi connectivity index (χ0) is 20.7. The first-order valence-corrected chi connectivity index (χ1v) is 9.14. The van der Waals surface area contributed by atoms with Crippen LogP contribution in [0.4, 0.5) is 13.2 Å². The molecule has 30 heavy (non-hydrogen) atoms. The topological polar surface area (TPSA) is 79.0 Å². The molecular formula is C18H24F3IN6O2.